The number of rotatable bonds is 10. The highest BCUT2D eigenvalue weighted by atomic mass is 127. The van der Waals surface area contributed by atoms with Gasteiger partial charge >= 0.3 is 0 Å². The SMILES string of the molecule is I.OC(Cc1ccccc1)[C@H]1O[C@@H](CP)[C@@](O)(Cc2ccccc2)[C@](O)(Cc2ccccc2)[C@]1(O)Cc1ccccc1. The van der Waals surface area contributed by atoms with Crippen molar-refractivity contribution in [3.05, 3.63) is 144 Å². The van der Waals surface area contributed by atoms with Gasteiger partial charge in [0.1, 0.15) is 22.9 Å². The molecule has 0 bridgehead atoms. The second-order valence-corrected chi connectivity index (χ2v) is 11.7. The molecular weight excluding hydrogens is 658 g/mol. The largest absolute Gasteiger partial charge is 0.390 e. The number of benzene rings is 4. The highest BCUT2D eigenvalue weighted by Crippen LogP contribution is 2.51. The zero-order valence-electron chi connectivity index (χ0n) is 23.5. The molecule has 2 unspecified atom stereocenters. The van der Waals surface area contributed by atoms with E-state index in [2.05, 4.69) is 9.24 Å². The maximum atomic E-state index is 13.1. The van der Waals surface area contributed by atoms with Gasteiger partial charge in [0.15, 0.2) is 0 Å². The van der Waals surface area contributed by atoms with Gasteiger partial charge < -0.3 is 25.2 Å². The Morgan fingerprint density at radius 3 is 1.40 bits per heavy atom. The Morgan fingerprint density at radius 2 is 0.976 bits per heavy atom. The van der Waals surface area contributed by atoms with Gasteiger partial charge in [-0.2, -0.15) is 0 Å². The first-order valence-electron chi connectivity index (χ1n) is 14.2. The molecule has 0 amide bonds. The molecule has 0 aromatic heterocycles. The van der Waals surface area contributed by atoms with Crippen molar-refractivity contribution < 1.29 is 25.2 Å². The second-order valence-electron chi connectivity index (χ2n) is 11.2. The summed E-state index contributed by atoms with van der Waals surface area (Å²) in [6.07, 6.45) is -2.77. The second kappa shape index (κ2) is 14.1. The summed E-state index contributed by atoms with van der Waals surface area (Å²) in [5, 5.41) is 50.5. The number of hydrogen-bond donors (Lipinski definition) is 4. The van der Waals surface area contributed by atoms with Gasteiger partial charge in [0.2, 0.25) is 0 Å². The maximum absolute atomic E-state index is 13.1. The topological polar surface area (TPSA) is 90.2 Å². The number of hydrogen-bond acceptors (Lipinski definition) is 5. The average molecular weight is 699 g/mol. The lowest BCUT2D eigenvalue weighted by Crippen LogP contribution is -2.83. The van der Waals surface area contributed by atoms with E-state index in [-0.39, 0.29) is 55.8 Å². The minimum absolute atomic E-state index is 0. The van der Waals surface area contributed by atoms with E-state index in [9.17, 15) is 20.4 Å². The Balaban J connectivity index is 0.00000405. The molecule has 1 aliphatic heterocycles. The fourth-order valence-electron chi connectivity index (χ4n) is 6.42. The molecular formula is C35H40IO5P. The Labute approximate surface area is 267 Å². The molecule has 5 rings (SSSR count). The Hall–Kier alpha value is -2.16. The highest BCUT2D eigenvalue weighted by Gasteiger charge is 2.71. The van der Waals surface area contributed by atoms with Crippen LogP contribution in [-0.2, 0) is 30.4 Å². The van der Waals surface area contributed by atoms with E-state index in [1.807, 2.05) is 121 Å². The molecule has 0 aliphatic carbocycles. The molecule has 4 N–H and O–H groups in total. The van der Waals surface area contributed by atoms with Crippen molar-refractivity contribution >= 4 is 33.2 Å². The quantitative estimate of drug-likeness (QED) is 0.142. The van der Waals surface area contributed by atoms with E-state index in [0.29, 0.717) is 0 Å². The summed E-state index contributed by atoms with van der Waals surface area (Å²) >= 11 is 0. The molecule has 1 fully saturated rings. The van der Waals surface area contributed by atoms with Gasteiger partial charge in [-0.1, -0.05) is 121 Å². The fourth-order valence-corrected chi connectivity index (χ4v) is 6.92. The Bertz CT molecular complexity index is 1380. The molecule has 222 valence electrons. The summed E-state index contributed by atoms with van der Waals surface area (Å²) in [5.74, 6) is 0. The summed E-state index contributed by atoms with van der Waals surface area (Å²) in [7, 11) is 2.62. The summed E-state index contributed by atoms with van der Waals surface area (Å²) in [6, 6.07) is 37.8. The molecule has 1 saturated heterocycles. The third-order valence-corrected chi connectivity index (χ3v) is 8.96. The number of aliphatic hydroxyl groups is 4. The molecule has 5 nitrogen and oxygen atoms in total. The Morgan fingerprint density at radius 1 is 0.595 bits per heavy atom. The lowest BCUT2D eigenvalue weighted by Gasteiger charge is -2.62. The van der Waals surface area contributed by atoms with Crippen molar-refractivity contribution in [2.75, 3.05) is 6.16 Å². The number of halogens is 1. The first kappa shape index (κ1) is 32.7. The molecule has 4 aromatic carbocycles. The summed E-state index contributed by atoms with van der Waals surface area (Å²) in [4.78, 5) is 0. The van der Waals surface area contributed by atoms with Crippen LogP contribution in [0.4, 0.5) is 0 Å². The van der Waals surface area contributed by atoms with E-state index < -0.39 is 35.1 Å². The van der Waals surface area contributed by atoms with Crippen molar-refractivity contribution in [1.29, 1.82) is 0 Å². The van der Waals surface area contributed by atoms with Gasteiger partial charge in [0.25, 0.3) is 0 Å². The maximum Gasteiger partial charge on any atom is 0.132 e. The zero-order valence-corrected chi connectivity index (χ0v) is 27.0. The molecule has 42 heavy (non-hydrogen) atoms. The van der Waals surface area contributed by atoms with Crippen molar-refractivity contribution in [2.24, 2.45) is 0 Å². The summed E-state index contributed by atoms with van der Waals surface area (Å²) in [5.41, 5.74) is -2.89. The number of ether oxygens (including phenoxy) is 1. The first-order valence-corrected chi connectivity index (χ1v) is 15.0. The minimum atomic E-state index is -2.12. The van der Waals surface area contributed by atoms with Gasteiger partial charge in [-0.25, -0.2) is 0 Å². The van der Waals surface area contributed by atoms with Crippen LogP contribution in [-0.4, -0.2) is 61.7 Å². The average Bonchev–Trinajstić information content (AvgIpc) is 2.98. The lowest BCUT2D eigenvalue weighted by atomic mass is 9.57. The van der Waals surface area contributed by atoms with Gasteiger partial charge in [-0.3, -0.25) is 0 Å². The van der Waals surface area contributed by atoms with E-state index in [0.717, 1.165) is 22.3 Å². The third-order valence-electron chi connectivity index (χ3n) is 8.53. The molecule has 4 aromatic rings. The molecule has 0 spiro atoms. The molecule has 7 atom stereocenters. The van der Waals surface area contributed by atoms with Crippen LogP contribution in [0, 0.1) is 0 Å². The van der Waals surface area contributed by atoms with Crippen LogP contribution >= 0.6 is 33.2 Å². The highest BCUT2D eigenvalue weighted by molar-refractivity contribution is 14.0. The predicted molar refractivity (Wildman–Crippen MR) is 180 cm³/mol. The van der Waals surface area contributed by atoms with Crippen LogP contribution in [0.1, 0.15) is 22.3 Å². The van der Waals surface area contributed by atoms with Crippen molar-refractivity contribution in [3.8, 4) is 0 Å². The number of aliphatic hydroxyl groups excluding tert-OH is 1. The third kappa shape index (κ3) is 6.51. The van der Waals surface area contributed by atoms with E-state index >= 15 is 0 Å². The first-order chi connectivity index (χ1) is 19.8. The predicted octanol–water partition coefficient (Wildman–Crippen LogP) is 4.77. The smallest absolute Gasteiger partial charge is 0.132 e. The molecule has 7 heteroatoms. The van der Waals surface area contributed by atoms with E-state index in [1.165, 1.54) is 0 Å². The van der Waals surface area contributed by atoms with Crippen molar-refractivity contribution in [2.45, 2.75) is 60.8 Å². The summed E-state index contributed by atoms with van der Waals surface area (Å²) < 4.78 is 6.55. The standard InChI is InChI=1S/C35H39O5P.HI/c36-30(21-26-13-5-1-6-14-26)32-34(38,23-28-17-9-3-10-18-28)35(39,24-29-19-11-4-12-20-29)33(37,31(25-41)40-32)22-27-15-7-2-8-16-27;/h1-20,30-32,36-39H,21-25,41H2;1H/t30?,31-,32+,33-,34-,35+;/m0./s1. The monoisotopic (exact) mass is 698 g/mol. The van der Waals surface area contributed by atoms with Crippen LogP contribution in [0.3, 0.4) is 0 Å². The van der Waals surface area contributed by atoms with Crippen LogP contribution in [0.5, 0.6) is 0 Å². The van der Waals surface area contributed by atoms with Crippen molar-refractivity contribution in [3.63, 3.8) is 0 Å². The Kier molecular flexibility index (Phi) is 11.0. The molecule has 0 radical (unpaired) electrons. The molecule has 0 saturated carbocycles. The van der Waals surface area contributed by atoms with Crippen LogP contribution in [0.2, 0.25) is 0 Å². The normalized spacial score (nSPS) is 28.0. The van der Waals surface area contributed by atoms with Gasteiger partial charge in [-0.05, 0) is 28.4 Å². The van der Waals surface area contributed by atoms with Crippen LogP contribution in [0.25, 0.3) is 0 Å². The van der Waals surface area contributed by atoms with Gasteiger partial charge in [0.05, 0.1) is 12.2 Å². The van der Waals surface area contributed by atoms with Crippen molar-refractivity contribution in [1.82, 2.24) is 0 Å². The molecule has 1 heterocycles. The van der Waals surface area contributed by atoms with E-state index in [1.54, 1.807) is 0 Å². The zero-order chi connectivity index (χ0) is 28.9. The van der Waals surface area contributed by atoms with Crippen LogP contribution < -0.4 is 0 Å². The molecule has 1 aliphatic rings. The van der Waals surface area contributed by atoms with Gasteiger partial charge in [0, 0.05) is 25.7 Å². The fraction of sp³-hybridized carbons (Fsp3) is 0.314. The minimum Gasteiger partial charge on any atom is -0.390 e. The van der Waals surface area contributed by atoms with E-state index in [4.69, 9.17) is 4.74 Å². The van der Waals surface area contributed by atoms with Gasteiger partial charge in [-0.15, -0.1) is 33.2 Å². The van der Waals surface area contributed by atoms with Crippen LogP contribution in [0.15, 0.2) is 121 Å². The summed E-state index contributed by atoms with van der Waals surface area (Å²) in [6.45, 7) is 0. The lowest BCUT2D eigenvalue weighted by molar-refractivity contribution is -0.361.